The number of unbranched alkanes of at least 4 members (excludes halogenated alkanes) is 25. The molecule has 1 amide bonds. The molecule has 3 atom stereocenters. The van der Waals surface area contributed by atoms with E-state index in [4.69, 9.17) is 9.05 Å². The van der Waals surface area contributed by atoms with Gasteiger partial charge in [0.25, 0.3) is 0 Å². The molecule has 362 valence electrons. The average Bonchev–Trinajstić information content (AvgIpc) is 3.23. The van der Waals surface area contributed by atoms with Crippen molar-refractivity contribution in [1.82, 2.24) is 5.32 Å². The van der Waals surface area contributed by atoms with Crippen LogP contribution in [0.15, 0.2) is 60.8 Å². The number of aliphatic hydroxyl groups excluding tert-OH is 1. The van der Waals surface area contributed by atoms with Gasteiger partial charge in [-0.1, -0.05) is 216 Å². The number of phosphoric ester groups is 1. The van der Waals surface area contributed by atoms with E-state index in [9.17, 15) is 19.4 Å². The molecule has 0 aromatic carbocycles. The summed E-state index contributed by atoms with van der Waals surface area (Å²) in [5.41, 5.74) is 0. The van der Waals surface area contributed by atoms with Gasteiger partial charge in [-0.15, -0.1) is 0 Å². The Labute approximate surface area is 383 Å². The van der Waals surface area contributed by atoms with Gasteiger partial charge in [-0.05, 0) is 57.8 Å². The number of nitrogens with zero attached hydrogens (tertiary/aromatic N) is 1. The van der Waals surface area contributed by atoms with Crippen LogP contribution < -0.4 is 5.32 Å². The predicted molar refractivity (Wildman–Crippen MR) is 267 cm³/mol. The molecule has 0 bridgehead atoms. The zero-order chi connectivity index (χ0) is 45.7. The molecular formula is C53H100N2O6P+. The van der Waals surface area contributed by atoms with Crippen molar-refractivity contribution in [3.05, 3.63) is 60.8 Å². The fourth-order valence-corrected chi connectivity index (χ4v) is 7.95. The molecule has 62 heavy (non-hydrogen) atoms. The molecule has 9 heteroatoms. The van der Waals surface area contributed by atoms with E-state index < -0.39 is 20.0 Å². The van der Waals surface area contributed by atoms with Gasteiger partial charge in [0.2, 0.25) is 5.91 Å². The van der Waals surface area contributed by atoms with E-state index in [1.165, 1.54) is 128 Å². The van der Waals surface area contributed by atoms with Crippen LogP contribution in [0, 0.1) is 0 Å². The van der Waals surface area contributed by atoms with Crippen molar-refractivity contribution in [2.45, 2.75) is 231 Å². The third kappa shape index (κ3) is 46.2. The molecule has 0 saturated carbocycles. The van der Waals surface area contributed by atoms with Crippen LogP contribution in [0.5, 0.6) is 0 Å². The van der Waals surface area contributed by atoms with E-state index in [1.54, 1.807) is 6.08 Å². The third-order valence-electron chi connectivity index (χ3n) is 11.2. The van der Waals surface area contributed by atoms with Gasteiger partial charge in [-0.25, -0.2) is 4.57 Å². The number of likely N-dealkylation sites (N-methyl/N-ethyl adjacent to an activating group) is 1. The first-order valence-corrected chi connectivity index (χ1v) is 27.2. The van der Waals surface area contributed by atoms with Gasteiger partial charge < -0.3 is 19.8 Å². The summed E-state index contributed by atoms with van der Waals surface area (Å²) in [6, 6.07) is -0.853. The highest BCUT2D eigenvalue weighted by molar-refractivity contribution is 7.47. The van der Waals surface area contributed by atoms with Gasteiger partial charge in [0.05, 0.1) is 39.9 Å². The van der Waals surface area contributed by atoms with Crippen LogP contribution in [0.25, 0.3) is 0 Å². The molecule has 0 aliphatic rings. The first kappa shape index (κ1) is 60.2. The predicted octanol–water partition coefficient (Wildman–Crippen LogP) is 15.0. The summed E-state index contributed by atoms with van der Waals surface area (Å²) in [4.78, 5) is 23.2. The molecule has 8 nitrogen and oxygen atoms in total. The van der Waals surface area contributed by atoms with Crippen molar-refractivity contribution in [1.29, 1.82) is 0 Å². The molecule has 3 N–H and O–H groups in total. The summed E-state index contributed by atoms with van der Waals surface area (Å²) < 4.78 is 23.6. The Balaban J connectivity index is 4.34. The summed E-state index contributed by atoms with van der Waals surface area (Å²) in [6.45, 7) is 4.70. The second-order valence-electron chi connectivity index (χ2n) is 18.5. The summed E-state index contributed by atoms with van der Waals surface area (Å²) in [6.07, 6.45) is 58.6. The summed E-state index contributed by atoms with van der Waals surface area (Å²) >= 11 is 0. The Kier molecular flexibility index (Phi) is 43.1. The minimum atomic E-state index is -4.35. The van der Waals surface area contributed by atoms with Crippen molar-refractivity contribution < 1.29 is 32.9 Å². The molecule has 0 heterocycles. The monoisotopic (exact) mass is 892 g/mol. The van der Waals surface area contributed by atoms with Crippen LogP contribution in [0.1, 0.15) is 219 Å². The normalized spacial score (nSPS) is 14.6. The first-order chi connectivity index (χ1) is 30.0. The lowest BCUT2D eigenvalue weighted by Crippen LogP contribution is -2.45. The number of carbonyl (C=O) groups is 1. The van der Waals surface area contributed by atoms with Crippen LogP contribution in [0.2, 0.25) is 0 Å². The van der Waals surface area contributed by atoms with Crippen molar-refractivity contribution >= 4 is 13.7 Å². The molecule has 0 aromatic heterocycles. The molecule has 0 aromatic rings. The number of rotatable bonds is 46. The highest BCUT2D eigenvalue weighted by atomic mass is 31.2. The molecule has 0 rings (SSSR count). The van der Waals surface area contributed by atoms with Crippen LogP contribution in [0.4, 0.5) is 0 Å². The van der Waals surface area contributed by atoms with Gasteiger partial charge in [0, 0.05) is 6.42 Å². The average molecular weight is 892 g/mol. The Bertz CT molecular complexity index is 1190. The van der Waals surface area contributed by atoms with E-state index >= 15 is 0 Å². The lowest BCUT2D eigenvalue weighted by atomic mass is 10.0. The second kappa shape index (κ2) is 44.4. The van der Waals surface area contributed by atoms with Gasteiger partial charge in [-0.3, -0.25) is 13.8 Å². The smallest absolute Gasteiger partial charge is 0.387 e. The zero-order valence-electron chi connectivity index (χ0n) is 41.1. The van der Waals surface area contributed by atoms with Gasteiger partial charge in [-0.2, -0.15) is 0 Å². The van der Waals surface area contributed by atoms with Crippen molar-refractivity contribution in [2.24, 2.45) is 0 Å². The fraction of sp³-hybridized carbons (Fsp3) is 0.792. The molecule has 0 saturated heterocycles. The molecular weight excluding hydrogens is 792 g/mol. The van der Waals surface area contributed by atoms with E-state index in [2.05, 4.69) is 67.8 Å². The van der Waals surface area contributed by atoms with Crippen LogP contribution >= 0.6 is 7.82 Å². The van der Waals surface area contributed by atoms with Crippen LogP contribution in [-0.4, -0.2) is 73.4 Å². The lowest BCUT2D eigenvalue weighted by molar-refractivity contribution is -0.870. The Morgan fingerprint density at radius 3 is 1.42 bits per heavy atom. The standard InChI is InChI=1S/C53H99N2O6P/c1-6-8-10-12-14-16-18-20-22-24-26-27-29-31-33-35-37-39-41-43-45-47-53(57)54-51(50-61-62(58,59)60-49-48-55(3,4)5)52(56)46-44-42-40-38-36-34-32-30-28-25-23-21-19-17-15-13-11-9-7-2/h8,10,14,16,20,22,26-27,44,46,51-52,56H,6-7,9,11-13,15,17-19,21,23-25,28-43,45,47-50H2,1-5H3,(H-,54,57,58,59)/p+1/b10-8-,16-14-,22-20-,27-26-,46-44+. The molecule has 0 fully saturated rings. The van der Waals surface area contributed by atoms with E-state index in [1.807, 2.05) is 27.2 Å². The highest BCUT2D eigenvalue weighted by Gasteiger charge is 2.27. The number of carbonyl (C=O) groups excluding carboxylic acids is 1. The molecule has 0 aliphatic heterocycles. The van der Waals surface area contributed by atoms with E-state index in [0.29, 0.717) is 17.4 Å². The Morgan fingerprint density at radius 2 is 0.968 bits per heavy atom. The maximum Gasteiger partial charge on any atom is 0.472 e. The Morgan fingerprint density at radius 1 is 0.565 bits per heavy atom. The van der Waals surface area contributed by atoms with Crippen LogP contribution in [0.3, 0.4) is 0 Å². The number of hydrogen-bond acceptors (Lipinski definition) is 5. The number of aliphatic hydroxyl groups is 1. The largest absolute Gasteiger partial charge is 0.472 e. The number of allylic oxidation sites excluding steroid dienone is 9. The summed E-state index contributed by atoms with van der Waals surface area (Å²) in [5.74, 6) is -0.186. The van der Waals surface area contributed by atoms with E-state index in [-0.39, 0.29) is 19.1 Å². The van der Waals surface area contributed by atoms with Gasteiger partial charge in [0.15, 0.2) is 0 Å². The minimum Gasteiger partial charge on any atom is -0.387 e. The SMILES string of the molecule is CC/C=C\C/C=C\C/C=C\C/C=C\CCCCCCCCCCC(=O)NC(COP(=O)(O)OCC[N+](C)(C)C)C(O)/C=C/CCCCCCCCCCCCCCCCCCC. The topological polar surface area (TPSA) is 105 Å². The second-order valence-corrected chi connectivity index (χ2v) is 20.0. The minimum absolute atomic E-state index is 0.0577. The van der Waals surface area contributed by atoms with Gasteiger partial charge >= 0.3 is 7.82 Å². The number of quaternary nitrogens is 1. The molecule has 0 radical (unpaired) electrons. The molecule has 0 spiro atoms. The number of hydrogen-bond donors (Lipinski definition) is 3. The number of amides is 1. The summed E-state index contributed by atoms with van der Waals surface area (Å²) in [5, 5.41) is 13.9. The fourth-order valence-electron chi connectivity index (χ4n) is 7.21. The maximum atomic E-state index is 12.9. The Hall–Kier alpha value is -1.80. The highest BCUT2D eigenvalue weighted by Crippen LogP contribution is 2.43. The maximum absolute atomic E-state index is 12.9. The van der Waals surface area contributed by atoms with Crippen molar-refractivity contribution in [3.63, 3.8) is 0 Å². The van der Waals surface area contributed by atoms with Crippen molar-refractivity contribution in [2.75, 3.05) is 40.9 Å². The third-order valence-corrected chi connectivity index (χ3v) is 12.2. The zero-order valence-corrected chi connectivity index (χ0v) is 42.0. The van der Waals surface area contributed by atoms with E-state index in [0.717, 1.165) is 70.6 Å². The van der Waals surface area contributed by atoms with Crippen LogP contribution in [-0.2, 0) is 18.4 Å². The lowest BCUT2D eigenvalue weighted by Gasteiger charge is -2.25. The molecule has 3 unspecified atom stereocenters. The number of phosphoric acid groups is 1. The quantitative estimate of drug-likeness (QED) is 0.0243. The summed E-state index contributed by atoms with van der Waals surface area (Å²) in [7, 11) is 1.56. The van der Waals surface area contributed by atoms with Gasteiger partial charge in [0.1, 0.15) is 13.2 Å². The number of nitrogens with one attached hydrogen (secondary N) is 1. The van der Waals surface area contributed by atoms with Crippen molar-refractivity contribution in [3.8, 4) is 0 Å². The first-order valence-electron chi connectivity index (χ1n) is 25.7. The molecule has 0 aliphatic carbocycles.